The number of likely N-dealkylation sites (N-methyl/N-ethyl adjacent to an activating group) is 1. The van der Waals surface area contributed by atoms with Gasteiger partial charge in [0.15, 0.2) is 0 Å². The van der Waals surface area contributed by atoms with Gasteiger partial charge >= 0.3 is 0 Å². The minimum atomic E-state index is -0.251. The third-order valence-electron chi connectivity index (χ3n) is 2.67. The first-order valence-corrected chi connectivity index (χ1v) is 5.39. The first-order valence-electron chi connectivity index (χ1n) is 5.39. The molecule has 0 aliphatic rings. The van der Waals surface area contributed by atoms with Crippen LogP contribution in [0.3, 0.4) is 0 Å². The van der Waals surface area contributed by atoms with Crippen molar-refractivity contribution in [3.05, 3.63) is 40.7 Å². The number of fused-ring (bicyclic) bond motifs is 1. The largest absolute Gasteiger partial charge is 0.287 e. The Bertz CT molecular complexity index is 636. The van der Waals surface area contributed by atoms with Crippen LogP contribution in [0.25, 0.3) is 10.9 Å². The minimum absolute atomic E-state index is 0.0190. The Kier molecular flexibility index (Phi) is 3.38. The molecule has 0 radical (unpaired) electrons. The number of amides is 1. The van der Waals surface area contributed by atoms with Crippen LogP contribution in [0.2, 0.25) is 0 Å². The lowest BCUT2D eigenvalue weighted by atomic mass is 10.2. The molecule has 0 unspecified atom stereocenters. The predicted octanol–water partition coefficient (Wildman–Crippen LogP) is 0.416. The minimum Gasteiger partial charge on any atom is -0.287 e. The molecule has 18 heavy (non-hydrogen) atoms. The summed E-state index contributed by atoms with van der Waals surface area (Å²) in [6, 6.07) is 7.03. The van der Waals surface area contributed by atoms with Gasteiger partial charge in [0.1, 0.15) is 6.54 Å². The molecule has 1 aromatic carbocycles. The van der Waals surface area contributed by atoms with E-state index in [1.807, 2.05) is 0 Å². The van der Waals surface area contributed by atoms with Crippen LogP contribution >= 0.6 is 0 Å². The van der Waals surface area contributed by atoms with Crippen molar-refractivity contribution < 1.29 is 9.63 Å². The van der Waals surface area contributed by atoms with E-state index in [4.69, 9.17) is 4.84 Å². The second-order valence-electron chi connectivity index (χ2n) is 3.76. The van der Waals surface area contributed by atoms with Crippen LogP contribution in [0.5, 0.6) is 0 Å². The van der Waals surface area contributed by atoms with Crippen LogP contribution in [0.1, 0.15) is 0 Å². The van der Waals surface area contributed by atoms with Crippen LogP contribution in [0.15, 0.2) is 35.3 Å². The number of hydrogen-bond acceptors (Lipinski definition) is 4. The van der Waals surface area contributed by atoms with Gasteiger partial charge in [-0.05, 0) is 12.1 Å². The molecule has 1 aromatic heterocycles. The SMILES string of the molecule is CON(C)C(=O)Cn1ncc(=O)c2ccccc21. The first kappa shape index (κ1) is 12.3. The smallest absolute Gasteiger partial charge is 0.267 e. The normalized spacial score (nSPS) is 10.6. The Morgan fingerprint density at radius 2 is 2.17 bits per heavy atom. The Morgan fingerprint density at radius 1 is 1.44 bits per heavy atom. The number of para-hydroxylation sites is 1. The maximum absolute atomic E-state index is 11.7. The second-order valence-corrected chi connectivity index (χ2v) is 3.76. The molecule has 0 N–H and O–H groups in total. The van der Waals surface area contributed by atoms with Gasteiger partial charge in [-0.2, -0.15) is 5.10 Å². The molecule has 2 aromatic rings. The highest BCUT2D eigenvalue weighted by Crippen LogP contribution is 2.07. The average Bonchev–Trinajstić information content (AvgIpc) is 2.41. The zero-order valence-electron chi connectivity index (χ0n) is 10.2. The van der Waals surface area contributed by atoms with Crippen molar-refractivity contribution >= 4 is 16.8 Å². The third kappa shape index (κ3) is 2.23. The van der Waals surface area contributed by atoms with Crippen LogP contribution in [-0.2, 0) is 16.2 Å². The van der Waals surface area contributed by atoms with Crippen molar-refractivity contribution in [2.45, 2.75) is 6.54 Å². The van der Waals surface area contributed by atoms with Crippen LogP contribution in [-0.4, -0.2) is 34.9 Å². The van der Waals surface area contributed by atoms with Gasteiger partial charge in [-0.15, -0.1) is 0 Å². The lowest BCUT2D eigenvalue weighted by Crippen LogP contribution is -2.30. The number of carbonyl (C=O) groups excluding carboxylic acids is 1. The average molecular weight is 247 g/mol. The molecule has 0 saturated heterocycles. The highest BCUT2D eigenvalue weighted by Gasteiger charge is 2.11. The van der Waals surface area contributed by atoms with E-state index in [2.05, 4.69) is 5.10 Å². The van der Waals surface area contributed by atoms with Gasteiger partial charge in [0.05, 0.1) is 18.8 Å². The van der Waals surface area contributed by atoms with Crippen molar-refractivity contribution in [1.29, 1.82) is 0 Å². The van der Waals surface area contributed by atoms with E-state index in [0.717, 1.165) is 5.06 Å². The highest BCUT2D eigenvalue weighted by atomic mass is 16.7. The number of carbonyl (C=O) groups is 1. The quantitative estimate of drug-likeness (QED) is 0.737. The van der Waals surface area contributed by atoms with E-state index < -0.39 is 0 Å². The molecule has 0 saturated carbocycles. The Morgan fingerprint density at radius 3 is 2.89 bits per heavy atom. The monoisotopic (exact) mass is 247 g/mol. The standard InChI is InChI=1S/C12H13N3O3/c1-14(18-2)12(17)8-15-10-6-4-3-5-9(10)11(16)7-13-15/h3-7H,8H2,1-2H3. The van der Waals surface area contributed by atoms with Crippen LogP contribution in [0, 0.1) is 0 Å². The van der Waals surface area contributed by atoms with Crippen molar-refractivity contribution in [3.8, 4) is 0 Å². The molecule has 0 aliphatic heterocycles. The molecular weight excluding hydrogens is 234 g/mol. The van der Waals surface area contributed by atoms with Crippen LogP contribution < -0.4 is 5.43 Å². The summed E-state index contributed by atoms with van der Waals surface area (Å²) >= 11 is 0. The number of benzene rings is 1. The Labute approximate surface area is 103 Å². The number of aromatic nitrogens is 2. The first-order chi connectivity index (χ1) is 8.63. The van der Waals surface area contributed by atoms with E-state index in [1.54, 1.807) is 24.3 Å². The van der Waals surface area contributed by atoms with E-state index in [1.165, 1.54) is 25.0 Å². The predicted molar refractivity (Wildman–Crippen MR) is 65.8 cm³/mol. The summed E-state index contributed by atoms with van der Waals surface area (Å²) in [6.07, 6.45) is 1.21. The molecule has 2 rings (SSSR count). The fourth-order valence-corrected chi connectivity index (χ4v) is 1.62. The summed E-state index contributed by atoms with van der Waals surface area (Å²) < 4.78 is 1.48. The zero-order valence-corrected chi connectivity index (χ0v) is 10.2. The topological polar surface area (TPSA) is 64.4 Å². The van der Waals surface area contributed by atoms with Crippen molar-refractivity contribution in [2.24, 2.45) is 0 Å². The van der Waals surface area contributed by atoms with Gasteiger partial charge in [0.2, 0.25) is 5.43 Å². The lowest BCUT2D eigenvalue weighted by Gasteiger charge is -2.15. The maximum Gasteiger partial charge on any atom is 0.267 e. The summed E-state index contributed by atoms with van der Waals surface area (Å²) in [4.78, 5) is 28.1. The molecule has 0 atom stereocenters. The molecule has 1 amide bonds. The molecule has 0 fully saturated rings. The number of rotatable bonds is 3. The van der Waals surface area contributed by atoms with Crippen molar-refractivity contribution in [3.63, 3.8) is 0 Å². The molecule has 0 spiro atoms. The molecule has 0 aliphatic carbocycles. The zero-order chi connectivity index (χ0) is 13.1. The summed E-state index contributed by atoms with van der Waals surface area (Å²) in [5.41, 5.74) is 0.470. The van der Waals surface area contributed by atoms with E-state index in [9.17, 15) is 9.59 Å². The van der Waals surface area contributed by atoms with Crippen LogP contribution in [0.4, 0.5) is 0 Å². The van der Waals surface area contributed by atoms with Gasteiger partial charge in [-0.3, -0.25) is 19.1 Å². The fraction of sp³-hybridized carbons (Fsp3) is 0.250. The summed E-state index contributed by atoms with van der Waals surface area (Å²) in [5, 5.41) is 5.63. The molecule has 1 heterocycles. The molecule has 94 valence electrons. The molecular formula is C12H13N3O3. The lowest BCUT2D eigenvalue weighted by molar-refractivity contribution is -0.169. The fourth-order valence-electron chi connectivity index (χ4n) is 1.62. The summed E-state index contributed by atoms with van der Waals surface area (Å²) in [5.74, 6) is -0.251. The van der Waals surface area contributed by atoms with E-state index in [0.29, 0.717) is 10.9 Å². The van der Waals surface area contributed by atoms with E-state index in [-0.39, 0.29) is 17.9 Å². The van der Waals surface area contributed by atoms with Gasteiger partial charge in [0, 0.05) is 12.4 Å². The second kappa shape index (κ2) is 4.97. The summed E-state index contributed by atoms with van der Waals surface area (Å²) in [6.45, 7) is 0.0190. The van der Waals surface area contributed by atoms with E-state index >= 15 is 0 Å². The maximum atomic E-state index is 11.7. The number of hydroxylamine groups is 2. The summed E-state index contributed by atoms with van der Waals surface area (Å²) in [7, 11) is 2.93. The molecule has 6 heteroatoms. The molecule has 6 nitrogen and oxygen atoms in total. The number of nitrogens with zero attached hydrogens (tertiary/aromatic N) is 3. The Balaban J connectivity index is 2.43. The highest BCUT2D eigenvalue weighted by molar-refractivity contribution is 5.81. The van der Waals surface area contributed by atoms with Gasteiger partial charge in [0.25, 0.3) is 5.91 Å². The van der Waals surface area contributed by atoms with Crippen molar-refractivity contribution in [2.75, 3.05) is 14.2 Å². The van der Waals surface area contributed by atoms with Crippen molar-refractivity contribution in [1.82, 2.24) is 14.8 Å². The molecule has 0 bridgehead atoms. The van der Waals surface area contributed by atoms with Gasteiger partial charge in [-0.25, -0.2) is 5.06 Å². The Hall–Kier alpha value is -2.21. The third-order valence-corrected chi connectivity index (χ3v) is 2.67. The van der Waals surface area contributed by atoms with Gasteiger partial charge in [-0.1, -0.05) is 12.1 Å². The number of hydrogen-bond donors (Lipinski definition) is 0. The van der Waals surface area contributed by atoms with Gasteiger partial charge < -0.3 is 0 Å².